The van der Waals surface area contributed by atoms with Gasteiger partial charge in [-0.15, -0.1) is 24.9 Å². The number of carbonyl (C=O) groups excluding carboxylic acids is 3. The Morgan fingerprint density at radius 1 is 1.02 bits per heavy atom. The minimum atomic E-state index is -0.614. The molecule has 1 aromatic carbocycles. The molecule has 3 heterocycles. The normalized spacial score (nSPS) is 27.3. The second kappa shape index (κ2) is 15.2. The number of benzene rings is 1. The van der Waals surface area contributed by atoms with E-state index in [4.69, 9.17) is 4.74 Å². The van der Waals surface area contributed by atoms with E-state index in [1.54, 1.807) is 22.7 Å². The van der Waals surface area contributed by atoms with E-state index in [2.05, 4.69) is 13.2 Å². The third-order valence-corrected chi connectivity index (χ3v) is 12.2. The highest BCUT2D eigenvalue weighted by molar-refractivity contribution is 8.02. The van der Waals surface area contributed by atoms with Gasteiger partial charge in [0.25, 0.3) is 0 Å². The van der Waals surface area contributed by atoms with E-state index in [9.17, 15) is 19.5 Å². The summed E-state index contributed by atoms with van der Waals surface area (Å²) in [5.41, 5.74) is 0.749. The maximum atomic E-state index is 14.8. The molecule has 3 saturated heterocycles. The average molecular weight is 638 g/mol. The summed E-state index contributed by atoms with van der Waals surface area (Å²) in [6.07, 6.45) is 13.7. The first kappa shape index (κ1) is 33.6. The van der Waals surface area contributed by atoms with Crippen molar-refractivity contribution in [3.05, 3.63) is 49.6 Å². The Kier molecular flexibility index (Phi) is 11.3. The molecule has 2 bridgehead atoms. The molecule has 1 aromatic rings. The molecule has 0 aromatic heterocycles. The van der Waals surface area contributed by atoms with Crippen molar-refractivity contribution in [2.24, 2.45) is 11.8 Å². The Morgan fingerprint density at radius 2 is 1.73 bits per heavy atom. The fourth-order valence-electron chi connectivity index (χ4n) is 8.33. The number of carbonyl (C=O) groups is 3. The number of aliphatic hydroxyl groups excluding tert-OH is 1. The molecule has 1 spiro atoms. The molecule has 2 unspecified atom stereocenters. The minimum Gasteiger partial charge on any atom is -0.494 e. The van der Waals surface area contributed by atoms with Gasteiger partial charge < -0.3 is 24.5 Å². The first-order valence-corrected chi connectivity index (χ1v) is 18.0. The van der Waals surface area contributed by atoms with Crippen molar-refractivity contribution in [1.82, 2.24) is 9.80 Å². The largest absolute Gasteiger partial charge is 0.494 e. The van der Waals surface area contributed by atoms with Gasteiger partial charge in [-0.25, -0.2) is 0 Å². The van der Waals surface area contributed by atoms with E-state index >= 15 is 0 Å². The van der Waals surface area contributed by atoms with Crippen LogP contribution in [0.25, 0.3) is 0 Å². The van der Waals surface area contributed by atoms with Crippen molar-refractivity contribution < 1.29 is 24.2 Å². The van der Waals surface area contributed by atoms with E-state index in [1.165, 1.54) is 6.42 Å². The number of hydrogen-bond donors (Lipinski definition) is 1. The first-order valence-electron chi connectivity index (χ1n) is 17.1. The van der Waals surface area contributed by atoms with Crippen molar-refractivity contribution in [2.75, 3.05) is 37.7 Å². The van der Waals surface area contributed by atoms with Crippen LogP contribution in [0.15, 0.2) is 49.6 Å². The number of ether oxygens (including phenoxy) is 1. The lowest BCUT2D eigenvalue weighted by atomic mass is 9.70. The molecule has 9 heteroatoms. The summed E-state index contributed by atoms with van der Waals surface area (Å²) in [5.74, 6) is -0.375. The van der Waals surface area contributed by atoms with Crippen LogP contribution in [0, 0.1) is 11.8 Å². The second-order valence-electron chi connectivity index (χ2n) is 13.0. The van der Waals surface area contributed by atoms with Crippen LogP contribution in [0.3, 0.4) is 0 Å². The number of hydrogen-bond acceptors (Lipinski definition) is 6. The number of anilines is 1. The lowest BCUT2D eigenvalue weighted by Crippen LogP contribution is -2.57. The molecule has 1 aliphatic carbocycles. The van der Waals surface area contributed by atoms with E-state index in [0.29, 0.717) is 26.2 Å². The van der Waals surface area contributed by atoms with Crippen LogP contribution in [0.1, 0.15) is 77.6 Å². The summed E-state index contributed by atoms with van der Waals surface area (Å²) < 4.78 is 5.01. The number of aliphatic hydroxyl groups is 1. The van der Waals surface area contributed by atoms with Gasteiger partial charge in [0.1, 0.15) is 11.8 Å². The zero-order valence-corrected chi connectivity index (χ0v) is 27.7. The number of unbranched alkanes of at least 4 members (excludes halogenated alkanes) is 3. The van der Waals surface area contributed by atoms with Crippen LogP contribution < -0.4 is 9.64 Å². The smallest absolute Gasteiger partial charge is 0.247 e. The number of nitrogens with zero attached hydrogens (tertiary/aromatic N) is 3. The van der Waals surface area contributed by atoms with Crippen LogP contribution in [-0.4, -0.2) is 87.6 Å². The molecule has 1 saturated carbocycles. The minimum absolute atomic E-state index is 0.00833. The predicted octanol–water partition coefficient (Wildman–Crippen LogP) is 5.60. The van der Waals surface area contributed by atoms with Crippen molar-refractivity contribution >= 4 is 35.2 Å². The van der Waals surface area contributed by atoms with Gasteiger partial charge in [0.05, 0.1) is 23.2 Å². The number of thioether (sulfide) groups is 1. The lowest BCUT2D eigenvalue weighted by Gasteiger charge is -2.41. The van der Waals surface area contributed by atoms with Crippen molar-refractivity contribution in [2.45, 2.75) is 99.6 Å². The van der Waals surface area contributed by atoms with E-state index in [0.717, 1.165) is 75.6 Å². The molecule has 5 atom stereocenters. The number of fused-ring (bicyclic) bond motifs is 1. The molecule has 3 aliphatic heterocycles. The van der Waals surface area contributed by atoms with E-state index in [1.807, 2.05) is 47.1 Å². The Bertz CT molecular complexity index is 1220. The third-order valence-electron chi connectivity index (χ3n) is 10.3. The molecule has 3 amide bonds. The summed E-state index contributed by atoms with van der Waals surface area (Å²) >= 11 is 1.74. The van der Waals surface area contributed by atoms with Crippen LogP contribution >= 0.6 is 11.8 Å². The zero-order chi connectivity index (χ0) is 32.0. The van der Waals surface area contributed by atoms with Crippen LogP contribution in [-0.2, 0) is 14.4 Å². The maximum Gasteiger partial charge on any atom is 0.247 e. The van der Waals surface area contributed by atoms with Gasteiger partial charge in [-0.2, -0.15) is 0 Å². The summed E-state index contributed by atoms with van der Waals surface area (Å²) in [7, 11) is 0. The molecular weight excluding hydrogens is 586 g/mol. The molecule has 4 fully saturated rings. The zero-order valence-electron chi connectivity index (χ0n) is 26.9. The Hall–Kier alpha value is -2.78. The molecule has 0 radical (unpaired) electrons. The quantitative estimate of drug-likeness (QED) is 0.188. The number of amides is 3. The topological polar surface area (TPSA) is 90.4 Å². The van der Waals surface area contributed by atoms with Gasteiger partial charge in [0.2, 0.25) is 17.7 Å². The van der Waals surface area contributed by atoms with Crippen molar-refractivity contribution in [3.8, 4) is 5.75 Å². The summed E-state index contributed by atoms with van der Waals surface area (Å²) in [6, 6.07) is 7.09. The van der Waals surface area contributed by atoms with E-state index in [-0.39, 0.29) is 35.6 Å². The van der Waals surface area contributed by atoms with Gasteiger partial charge in [-0.1, -0.05) is 44.3 Å². The van der Waals surface area contributed by atoms with Gasteiger partial charge in [0.15, 0.2) is 0 Å². The highest BCUT2D eigenvalue weighted by Gasteiger charge is 2.74. The monoisotopic (exact) mass is 637 g/mol. The lowest BCUT2D eigenvalue weighted by molar-refractivity contribution is -0.144. The molecule has 8 nitrogen and oxygen atoms in total. The second-order valence-corrected chi connectivity index (χ2v) is 14.6. The Morgan fingerprint density at radius 3 is 2.40 bits per heavy atom. The van der Waals surface area contributed by atoms with Crippen LogP contribution in [0.5, 0.6) is 5.75 Å². The number of likely N-dealkylation sites (tertiary alicyclic amines) is 1. The van der Waals surface area contributed by atoms with Gasteiger partial charge in [-0.05, 0) is 69.7 Å². The van der Waals surface area contributed by atoms with Gasteiger partial charge in [-0.3, -0.25) is 14.4 Å². The number of rotatable bonds is 16. The highest BCUT2D eigenvalue weighted by Crippen LogP contribution is 2.67. The predicted molar refractivity (Wildman–Crippen MR) is 180 cm³/mol. The standard InChI is InChI=1S/C36H51N3O5S/c1-4-22-37(27-16-18-28(19-17-27)44-6-3)33(41)30-29-20-21-36(45-29)31(30)34(42)39(24-12-7-8-13-25-40)32(36)35(43)38(23-5-2)26-14-10-9-11-15-26/h4-5,16-19,26,29-32,40H,1-2,6-15,20-25H2,3H3/t29-,30+,31+,32?,36?/m1/s1. The first-order chi connectivity index (χ1) is 21.9. The molecule has 1 N–H and O–H groups in total. The molecule has 4 aliphatic rings. The molecule has 45 heavy (non-hydrogen) atoms. The molecule has 246 valence electrons. The fraction of sp³-hybridized carbons (Fsp3) is 0.639. The van der Waals surface area contributed by atoms with Crippen molar-refractivity contribution in [3.63, 3.8) is 0 Å². The maximum absolute atomic E-state index is 14.8. The fourth-order valence-corrected chi connectivity index (χ4v) is 10.5. The third kappa shape index (κ3) is 6.57. The SMILES string of the molecule is C=CCN(C(=O)[C@@H]1[C@H]2C(=O)N(CCCCCCO)C(C(=O)N(CC=C)C3CCCCC3)C23CC[C@H]1S3)c1ccc(OCC)cc1. The summed E-state index contributed by atoms with van der Waals surface area (Å²) in [5, 5.41) is 9.25. The average Bonchev–Trinajstić information content (AvgIpc) is 3.70. The molecular formula is C36H51N3O5S. The van der Waals surface area contributed by atoms with Gasteiger partial charge >= 0.3 is 0 Å². The highest BCUT2D eigenvalue weighted by atomic mass is 32.2. The Labute approximate surface area is 273 Å². The van der Waals surface area contributed by atoms with E-state index < -0.39 is 22.6 Å². The summed E-state index contributed by atoms with van der Waals surface area (Å²) in [6.45, 7) is 11.9. The van der Waals surface area contributed by atoms with Crippen LogP contribution in [0.2, 0.25) is 0 Å². The Balaban J connectivity index is 1.47. The van der Waals surface area contributed by atoms with Gasteiger partial charge in [0, 0.05) is 43.2 Å². The molecule has 5 rings (SSSR count). The van der Waals surface area contributed by atoms with Crippen LogP contribution in [0.4, 0.5) is 5.69 Å². The summed E-state index contributed by atoms with van der Waals surface area (Å²) in [4.78, 5) is 49.5. The van der Waals surface area contributed by atoms with Crippen molar-refractivity contribution in [1.29, 1.82) is 0 Å².